The Hall–Kier alpha value is -1.78. The van der Waals surface area contributed by atoms with E-state index in [0.717, 1.165) is 6.07 Å². The zero-order valence-corrected chi connectivity index (χ0v) is 8.04. The van der Waals surface area contributed by atoms with Crippen molar-refractivity contribution in [2.24, 2.45) is 0 Å². The lowest BCUT2D eigenvalue weighted by molar-refractivity contribution is 0.0995. The van der Waals surface area contributed by atoms with Gasteiger partial charge in [0.05, 0.1) is 0 Å². The third-order valence-corrected chi connectivity index (χ3v) is 2.10. The van der Waals surface area contributed by atoms with Crippen molar-refractivity contribution in [2.75, 3.05) is 13.2 Å². The van der Waals surface area contributed by atoms with Gasteiger partial charge in [-0.2, -0.15) is 0 Å². The number of phenolic OH excluding ortho intramolecular Hbond substituents is 1. The summed E-state index contributed by atoms with van der Waals surface area (Å²) in [5, 5.41) is 9.24. The molecule has 0 aliphatic carbocycles. The number of ketones is 1. The Bertz CT molecular complexity index is 428. The lowest BCUT2D eigenvalue weighted by Gasteiger charge is -2.20. The minimum atomic E-state index is -0.966. The maximum Gasteiger partial charge on any atom is 0.179 e. The van der Waals surface area contributed by atoms with Gasteiger partial charge in [-0.15, -0.1) is 0 Å². The number of ether oxygens (including phenoxy) is 2. The molecular weight excluding hydrogens is 203 g/mol. The van der Waals surface area contributed by atoms with E-state index in [-0.39, 0.29) is 23.7 Å². The van der Waals surface area contributed by atoms with Crippen LogP contribution in [-0.4, -0.2) is 24.1 Å². The van der Waals surface area contributed by atoms with Crippen LogP contribution in [0, 0.1) is 5.82 Å². The number of carbonyl (C=O) groups excluding carboxylic acids is 1. The number of Topliss-reactive ketones (excluding diaryl/α,β-unsaturated/α-hetero) is 1. The van der Waals surface area contributed by atoms with Crippen LogP contribution in [0.4, 0.5) is 4.39 Å². The normalized spacial score (nSPS) is 13.7. The summed E-state index contributed by atoms with van der Waals surface area (Å²) in [6, 6.07) is 1.11. The Kier molecular flexibility index (Phi) is 2.22. The molecule has 0 spiro atoms. The summed E-state index contributed by atoms with van der Waals surface area (Å²) in [7, 11) is 0. The van der Waals surface area contributed by atoms with Gasteiger partial charge in [-0.25, -0.2) is 4.39 Å². The summed E-state index contributed by atoms with van der Waals surface area (Å²) in [6.45, 7) is 1.78. The van der Waals surface area contributed by atoms with Crippen LogP contribution in [0.2, 0.25) is 0 Å². The van der Waals surface area contributed by atoms with E-state index < -0.39 is 17.3 Å². The van der Waals surface area contributed by atoms with Gasteiger partial charge in [-0.05, 0) is 6.92 Å². The Morgan fingerprint density at radius 2 is 2.13 bits per heavy atom. The SMILES string of the molecule is CC(=O)c1c(F)c(O)cc2c1OCCO2. The van der Waals surface area contributed by atoms with Crippen molar-refractivity contribution in [3.05, 3.63) is 17.4 Å². The number of aromatic hydroxyl groups is 1. The number of rotatable bonds is 1. The highest BCUT2D eigenvalue weighted by molar-refractivity contribution is 5.98. The molecule has 0 bridgehead atoms. The monoisotopic (exact) mass is 212 g/mol. The van der Waals surface area contributed by atoms with Crippen LogP contribution < -0.4 is 9.47 Å². The summed E-state index contributed by atoms with van der Waals surface area (Å²) < 4.78 is 23.7. The Morgan fingerprint density at radius 1 is 1.47 bits per heavy atom. The van der Waals surface area contributed by atoms with Crippen LogP contribution >= 0.6 is 0 Å². The van der Waals surface area contributed by atoms with Crippen molar-refractivity contribution < 1.29 is 23.8 Å². The number of carbonyl (C=O) groups is 1. The molecule has 5 heteroatoms. The fourth-order valence-electron chi connectivity index (χ4n) is 1.46. The highest BCUT2D eigenvalue weighted by Crippen LogP contribution is 2.39. The first-order valence-electron chi connectivity index (χ1n) is 4.43. The smallest absolute Gasteiger partial charge is 0.179 e. The molecule has 80 valence electrons. The molecule has 0 atom stereocenters. The van der Waals surface area contributed by atoms with Gasteiger partial charge in [0.1, 0.15) is 18.8 Å². The Labute approximate surface area is 85.2 Å². The predicted molar refractivity (Wildman–Crippen MR) is 49.1 cm³/mol. The molecule has 1 N–H and O–H groups in total. The highest BCUT2D eigenvalue weighted by Gasteiger charge is 2.25. The summed E-state index contributed by atoms with van der Waals surface area (Å²) in [5.74, 6) is -1.81. The second-order valence-corrected chi connectivity index (χ2v) is 3.17. The quantitative estimate of drug-likeness (QED) is 0.717. The molecule has 0 fully saturated rings. The van der Waals surface area contributed by atoms with Crippen LogP contribution in [0.1, 0.15) is 17.3 Å². The maximum atomic E-state index is 13.4. The minimum Gasteiger partial charge on any atom is -0.505 e. The first-order valence-corrected chi connectivity index (χ1v) is 4.43. The zero-order chi connectivity index (χ0) is 11.0. The van der Waals surface area contributed by atoms with Gasteiger partial charge >= 0.3 is 0 Å². The predicted octanol–water partition coefficient (Wildman–Crippen LogP) is 1.51. The molecule has 0 radical (unpaired) electrons. The average Bonchev–Trinajstić information content (AvgIpc) is 2.19. The molecule has 15 heavy (non-hydrogen) atoms. The van der Waals surface area contributed by atoms with Crippen molar-refractivity contribution in [3.63, 3.8) is 0 Å². The van der Waals surface area contributed by atoms with E-state index in [1.165, 1.54) is 6.92 Å². The molecular formula is C10H9FO4. The molecule has 0 saturated heterocycles. The highest BCUT2D eigenvalue weighted by atomic mass is 19.1. The lowest BCUT2D eigenvalue weighted by atomic mass is 10.1. The van der Waals surface area contributed by atoms with E-state index in [1.54, 1.807) is 0 Å². The van der Waals surface area contributed by atoms with Crippen LogP contribution in [0.25, 0.3) is 0 Å². The average molecular weight is 212 g/mol. The summed E-state index contributed by atoms with van der Waals surface area (Å²) in [4.78, 5) is 11.2. The van der Waals surface area contributed by atoms with Crippen molar-refractivity contribution in [2.45, 2.75) is 6.92 Å². The second kappa shape index (κ2) is 3.42. The number of hydrogen-bond donors (Lipinski definition) is 1. The van der Waals surface area contributed by atoms with E-state index >= 15 is 0 Å². The number of benzene rings is 1. The van der Waals surface area contributed by atoms with Crippen molar-refractivity contribution in [1.29, 1.82) is 0 Å². The van der Waals surface area contributed by atoms with E-state index in [2.05, 4.69) is 0 Å². The molecule has 0 saturated carbocycles. The maximum absolute atomic E-state index is 13.4. The topological polar surface area (TPSA) is 55.8 Å². The molecule has 2 rings (SSSR count). The fourth-order valence-corrected chi connectivity index (χ4v) is 1.46. The molecule has 1 aromatic rings. The van der Waals surface area contributed by atoms with Gasteiger partial charge in [-0.3, -0.25) is 4.79 Å². The van der Waals surface area contributed by atoms with Crippen LogP contribution in [0.15, 0.2) is 6.07 Å². The first kappa shape index (κ1) is 9.76. The number of phenols is 1. The van der Waals surface area contributed by atoms with E-state index in [4.69, 9.17) is 9.47 Å². The number of halogens is 1. The van der Waals surface area contributed by atoms with Crippen LogP contribution in [0.3, 0.4) is 0 Å². The van der Waals surface area contributed by atoms with Gasteiger partial charge in [0.15, 0.2) is 28.8 Å². The third-order valence-electron chi connectivity index (χ3n) is 2.10. The molecule has 1 aliphatic heterocycles. The van der Waals surface area contributed by atoms with Gasteiger partial charge in [0, 0.05) is 6.07 Å². The molecule has 1 aliphatic rings. The van der Waals surface area contributed by atoms with Crippen molar-refractivity contribution in [3.8, 4) is 17.2 Å². The van der Waals surface area contributed by atoms with Gasteiger partial charge < -0.3 is 14.6 Å². The van der Waals surface area contributed by atoms with Gasteiger partial charge in [0.25, 0.3) is 0 Å². The van der Waals surface area contributed by atoms with E-state index in [1.807, 2.05) is 0 Å². The van der Waals surface area contributed by atoms with Gasteiger partial charge in [0.2, 0.25) is 0 Å². The standard InChI is InChI=1S/C10H9FO4/c1-5(12)8-9(11)6(13)4-7-10(8)15-3-2-14-7/h4,13H,2-3H2,1H3. The minimum absolute atomic E-state index is 0.0732. The number of fused-ring (bicyclic) bond motifs is 1. The molecule has 0 unspecified atom stereocenters. The lowest BCUT2D eigenvalue weighted by Crippen LogP contribution is -2.18. The summed E-state index contributed by atoms with van der Waals surface area (Å²) >= 11 is 0. The third kappa shape index (κ3) is 1.49. The second-order valence-electron chi connectivity index (χ2n) is 3.17. The summed E-state index contributed by atoms with van der Waals surface area (Å²) in [5.41, 5.74) is -0.260. The summed E-state index contributed by atoms with van der Waals surface area (Å²) in [6.07, 6.45) is 0. The van der Waals surface area contributed by atoms with Crippen molar-refractivity contribution in [1.82, 2.24) is 0 Å². The number of hydrogen-bond acceptors (Lipinski definition) is 4. The van der Waals surface area contributed by atoms with E-state index in [0.29, 0.717) is 6.61 Å². The Balaban J connectivity index is 2.68. The van der Waals surface area contributed by atoms with E-state index in [9.17, 15) is 14.3 Å². The molecule has 1 aromatic carbocycles. The molecule has 1 heterocycles. The van der Waals surface area contributed by atoms with Crippen LogP contribution in [-0.2, 0) is 0 Å². The Morgan fingerprint density at radius 3 is 2.80 bits per heavy atom. The molecule has 0 amide bonds. The first-order chi connectivity index (χ1) is 7.11. The fraction of sp³-hybridized carbons (Fsp3) is 0.300. The van der Waals surface area contributed by atoms with Gasteiger partial charge in [-0.1, -0.05) is 0 Å². The molecule has 0 aromatic heterocycles. The largest absolute Gasteiger partial charge is 0.505 e. The zero-order valence-electron chi connectivity index (χ0n) is 8.04. The van der Waals surface area contributed by atoms with Crippen LogP contribution in [0.5, 0.6) is 17.2 Å². The van der Waals surface area contributed by atoms with Crippen molar-refractivity contribution >= 4 is 5.78 Å². The molecule has 4 nitrogen and oxygen atoms in total.